The molecule has 0 heterocycles. The van der Waals surface area contributed by atoms with Gasteiger partial charge in [0.15, 0.2) is 0 Å². The fourth-order valence-electron chi connectivity index (χ4n) is 0.920. The second kappa shape index (κ2) is 5.98. The van der Waals surface area contributed by atoms with Gasteiger partial charge in [0.1, 0.15) is 0 Å². The van der Waals surface area contributed by atoms with E-state index in [1.807, 2.05) is 19.9 Å². The Morgan fingerprint density at radius 2 is 1.92 bits per heavy atom. The van der Waals surface area contributed by atoms with E-state index >= 15 is 0 Å². The van der Waals surface area contributed by atoms with E-state index in [1.165, 1.54) is 0 Å². The van der Waals surface area contributed by atoms with Gasteiger partial charge in [-0.25, -0.2) is 0 Å². The molecule has 2 nitrogen and oxygen atoms in total. The lowest BCUT2D eigenvalue weighted by Crippen LogP contribution is -2.06. The van der Waals surface area contributed by atoms with Crippen molar-refractivity contribution in [3.8, 4) is 0 Å². The summed E-state index contributed by atoms with van der Waals surface area (Å²) in [4.78, 5) is 0. The van der Waals surface area contributed by atoms with E-state index in [4.69, 9.17) is 10.2 Å². The minimum absolute atomic E-state index is 0.108. The minimum Gasteiger partial charge on any atom is -0.396 e. The Kier molecular flexibility index (Phi) is 5.68. The van der Waals surface area contributed by atoms with Crippen LogP contribution in [-0.2, 0) is 0 Å². The van der Waals surface area contributed by atoms with Crippen LogP contribution in [0.4, 0.5) is 0 Å². The highest BCUT2D eigenvalue weighted by Crippen LogP contribution is 2.13. The molecule has 0 saturated heterocycles. The van der Waals surface area contributed by atoms with Crippen molar-refractivity contribution in [3.05, 3.63) is 24.3 Å². The first-order chi connectivity index (χ1) is 5.65. The monoisotopic (exact) mass is 170 g/mol. The van der Waals surface area contributed by atoms with Crippen LogP contribution in [0.1, 0.15) is 13.8 Å². The second-order valence-electron chi connectivity index (χ2n) is 3.11. The summed E-state index contributed by atoms with van der Waals surface area (Å²) in [5.41, 5.74) is 0.999. The second-order valence-corrected chi connectivity index (χ2v) is 3.11. The molecule has 0 amide bonds. The van der Waals surface area contributed by atoms with Crippen LogP contribution in [0.25, 0.3) is 0 Å². The maximum Gasteiger partial charge on any atom is 0.0496 e. The molecule has 2 unspecified atom stereocenters. The first-order valence-corrected chi connectivity index (χ1v) is 4.21. The van der Waals surface area contributed by atoms with Gasteiger partial charge in [0.2, 0.25) is 0 Å². The Balaban J connectivity index is 4.31. The lowest BCUT2D eigenvalue weighted by Gasteiger charge is -2.11. The van der Waals surface area contributed by atoms with Crippen molar-refractivity contribution < 1.29 is 10.2 Å². The zero-order valence-electron chi connectivity index (χ0n) is 7.83. The molecule has 2 heteroatoms. The molecule has 0 aliphatic heterocycles. The predicted octanol–water partition coefficient (Wildman–Crippen LogP) is 1.36. The minimum atomic E-state index is 0.108. The first-order valence-electron chi connectivity index (χ1n) is 4.21. The highest BCUT2D eigenvalue weighted by molar-refractivity contribution is 5.19. The Morgan fingerprint density at radius 1 is 1.33 bits per heavy atom. The summed E-state index contributed by atoms with van der Waals surface area (Å²) in [6, 6.07) is 0. The maximum atomic E-state index is 8.87. The van der Waals surface area contributed by atoms with E-state index in [0.717, 1.165) is 5.57 Å². The van der Waals surface area contributed by atoms with E-state index in [9.17, 15) is 0 Å². The van der Waals surface area contributed by atoms with Crippen LogP contribution in [0.15, 0.2) is 24.3 Å². The van der Waals surface area contributed by atoms with Gasteiger partial charge >= 0.3 is 0 Å². The Morgan fingerprint density at radius 3 is 2.25 bits per heavy atom. The van der Waals surface area contributed by atoms with Crippen molar-refractivity contribution in [2.24, 2.45) is 11.8 Å². The van der Waals surface area contributed by atoms with Crippen LogP contribution in [0.2, 0.25) is 0 Å². The zero-order chi connectivity index (χ0) is 9.56. The van der Waals surface area contributed by atoms with Gasteiger partial charge in [-0.3, -0.25) is 0 Å². The summed E-state index contributed by atoms with van der Waals surface area (Å²) >= 11 is 0. The maximum absolute atomic E-state index is 8.87. The molecule has 0 aliphatic carbocycles. The summed E-state index contributed by atoms with van der Waals surface area (Å²) < 4.78 is 0. The number of allylic oxidation sites excluding steroid dienone is 1. The van der Waals surface area contributed by atoms with Crippen LogP contribution >= 0.6 is 0 Å². The molecule has 0 fully saturated rings. The fourth-order valence-corrected chi connectivity index (χ4v) is 0.920. The third kappa shape index (κ3) is 3.69. The summed E-state index contributed by atoms with van der Waals surface area (Å²) in [5, 5.41) is 17.7. The van der Waals surface area contributed by atoms with E-state index in [0.29, 0.717) is 0 Å². The van der Waals surface area contributed by atoms with Gasteiger partial charge in [0, 0.05) is 19.1 Å². The van der Waals surface area contributed by atoms with E-state index < -0.39 is 0 Å². The third-order valence-corrected chi connectivity index (χ3v) is 1.84. The van der Waals surface area contributed by atoms with Crippen molar-refractivity contribution in [1.82, 2.24) is 0 Å². The Labute approximate surface area is 74.2 Å². The molecule has 0 aromatic heterocycles. The fraction of sp³-hybridized carbons (Fsp3) is 0.600. The normalized spacial score (nSPS) is 17.2. The lowest BCUT2D eigenvalue weighted by atomic mass is 9.98. The van der Waals surface area contributed by atoms with Crippen LogP contribution in [-0.4, -0.2) is 23.4 Å². The highest BCUT2D eigenvalue weighted by Gasteiger charge is 2.05. The summed E-state index contributed by atoms with van der Waals surface area (Å²) in [5.74, 6) is 0.239. The SMILES string of the molecule is C=CC(=CC(C)CO)C(C)CO. The van der Waals surface area contributed by atoms with Gasteiger partial charge in [0.25, 0.3) is 0 Å². The third-order valence-electron chi connectivity index (χ3n) is 1.84. The summed E-state index contributed by atoms with van der Waals surface area (Å²) in [7, 11) is 0. The van der Waals surface area contributed by atoms with E-state index in [1.54, 1.807) is 6.08 Å². The average Bonchev–Trinajstić information content (AvgIpc) is 2.12. The van der Waals surface area contributed by atoms with Gasteiger partial charge in [0.05, 0.1) is 0 Å². The van der Waals surface area contributed by atoms with Gasteiger partial charge in [-0.1, -0.05) is 32.6 Å². The molecule has 2 N–H and O–H groups in total. The van der Waals surface area contributed by atoms with Crippen molar-refractivity contribution in [2.45, 2.75) is 13.8 Å². The Hall–Kier alpha value is -0.600. The van der Waals surface area contributed by atoms with Gasteiger partial charge in [-0.05, 0) is 11.5 Å². The smallest absolute Gasteiger partial charge is 0.0496 e. The molecule has 0 bridgehead atoms. The number of aliphatic hydroxyl groups is 2. The Bertz CT molecular complexity index is 161. The molecule has 2 atom stereocenters. The molecule has 0 rings (SSSR count). The molecule has 70 valence electrons. The zero-order valence-corrected chi connectivity index (χ0v) is 7.83. The lowest BCUT2D eigenvalue weighted by molar-refractivity contribution is 0.251. The van der Waals surface area contributed by atoms with Crippen molar-refractivity contribution in [3.63, 3.8) is 0 Å². The molecule has 0 spiro atoms. The molecule has 0 aliphatic rings. The standard InChI is InChI=1S/C10H18O2/c1-4-10(9(3)7-12)5-8(2)6-11/h4-5,8-9,11-12H,1,6-7H2,2-3H3. The molecule has 0 saturated carbocycles. The topological polar surface area (TPSA) is 40.5 Å². The first kappa shape index (κ1) is 11.4. The number of aliphatic hydroxyl groups excluding tert-OH is 2. The van der Waals surface area contributed by atoms with Crippen molar-refractivity contribution >= 4 is 0 Å². The van der Waals surface area contributed by atoms with Crippen molar-refractivity contribution in [1.29, 1.82) is 0 Å². The molecule has 0 radical (unpaired) electrons. The van der Waals surface area contributed by atoms with Gasteiger partial charge < -0.3 is 10.2 Å². The quantitative estimate of drug-likeness (QED) is 0.611. The highest BCUT2D eigenvalue weighted by atomic mass is 16.3. The van der Waals surface area contributed by atoms with Crippen LogP contribution < -0.4 is 0 Å². The average molecular weight is 170 g/mol. The van der Waals surface area contributed by atoms with Crippen LogP contribution in [0.3, 0.4) is 0 Å². The number of hydrogen-bond acceptors (Lipinski definition) is 2. The molecular weight excluding hydrogens is 152 g/mol. The molecule has 12 heavy (non-hydrogen) atoms. The van der Waals surface area contributed by atoms with Crippen LogP contribution in [0, 0.1) is 11.8 Å². The molecular formula is C10H18O2. The largest absolute Gasteiger partial charge is 0.396 e. The van der Waals surface area contributed by atoms with E-state index in [-0.39, 0.29) is 25.0 Å². The summed E-state index contributed by atoms with van der Waals surface area (Å²) in [6.07, 6.45) is 3.67. The van der Waals surface area contributed by atoms with Crippen molar-refractivity contribution in [2.75, 3.05) is 13.2 Å². The van der Waals surface area contributed by atoms with E-state index in [2.05, 4.69) is 6.58 Å². The predicted molar refractivity (Wildman–Crippen MR) is 50.8 cm³/mol. The number of rotatable bonds is 5. The van der Waals surface area contributed by atoms with Gasteiger partial charge in [-0.2, -0.15) is 0 Å². The number of hydrogen-bond donors (Lipinski definition) is 2. The van der Waals surface area contributed by atoms with Crippen LogP contribution in [0.5, 0.6) is 0 Å². The molecule has 0 aromatic carbocycles. The van der Waals surface area contributed by atoms with Gasteiger partial charge in [-0.15, -0.1) is 0 Å². The summed E-state index contributed by atoms with van der Waals surface area (Å²) in [6.45, 7) is 7.76. The molecule has 0 aromatic rings.